The molecule has 0 saturated carbocycles. The molecule has 0 aliphatic carbocycles. The first-order valence-electron chi connectivity index (χ1n) is 11.6. The van der Waals surface area contributed by atoms with Crippen molar-refractivity contribution in [2.75, 3.05) is 18.4 Å². The maximum atomic E-state index is 13.6. The van der Waals surface area contributed by atoms with E-state index in [9.17, 15) is 14.0 Å². The Morgan fingerprint density at radius 1 is 1.03 bits per heavy atom. The zero-order chi connectivity index (χ0) is 24.4. The standard InChI is InChI=1S/C27H31FN4O2/c1-18(2)32(27(34)29-25-19(3)7-5-8-20(25)4)17-24(33)31-16-15-30-14-6-9-23(30)26(31)21-10-12-22(28)13-11-21/h5-14,18,26H,15-17H2,1-4H3,(H,29,34)/t26-/m0/s1. The average molecular weight is 463 g/mol. The number of urea groups is 1. The highest BCUT2D eigenvalue weighted by molar-refractivity contribution is 5.94. The van der Waals surface area contributed by atoms with E-state index in [-0.39, 0.29) is 36.4 Å². The number of fused-ring (bicyclic) bond motifs is 1. The molecule has 1 atom stereocenters. The second-order valence-corrected chi connectivity index (χ2v) is 9.09. The molecule has 0 unspecified atom stereocenters. The number of carbonyl (C=O) groups excluding carboxylic acids is 2. The van der Waals surface area contributed by atoms with Gasteiger partial charge in [0.2, 0.25) is 5.91 Å². The summed E-state index contributed by atoms with van der Waals surface area (Å²) in [6.07, 6.45) is 1.99. The summed E-state index contributed by atoms with van der Waals surface area (Å²) in [5, 5.41) is 3.00. The van der Waals surface area contributed by atoms with Crippen LogP contribution >= 0.6 is 0 Å². The zero-order valence-corrected chi connectivity index (χ0v) is 20.1. The molecule has 178 valence electrons. The number of para-hydroxylation sites is 1. The quantitative estimate of drug-likeness (QED) is 0.572. The molecule has 0 fully saturated rings. The van der Waals surface area contributed by atoms with E-state index < -0.39 is 0 Å². The topological polar surface area (TPSA) is 57.6 Å². The molecule has 0 saturated heterocycles. The Hall–Kier alpha value is -3.61. The Balaban J connectivity index is 1.58. The summed E-state index contributed by atoms with van der Waals surface area (Å²) in [6.45, 7) is 8.82. The summed E-state index contributed by atoms with van der Waals surface area (Å²) in [6, 6.07) is 15.2. The van der Waals surface area contributed by atoms with E-state index in [1.165, 1.54) is 12.1 Å². The third-order valence-electron chi connectivity index (χ3n) is 6.45. The minimum absolute atomic E-state index is 0.0488. The first-order valence-corrected chi connectivity index (χ1v) is 11.6. The minimum Gasteiger partial charge on any atom is -0.348 e. The molecule has 1 aliphatic heterocycles. The highest BCUT2D eigenvalue weighted by Crippen LogP contribution is 2.33. The first-order chi connectivity index (χ1) is 16.3. The average Bonchev–Trinajstić information content (AvgIpc) is 3.28. The fourth-order valence-corrected chi connectivity index (χ4v) is 4.56. The molecule has 0 radical (unpaired) electrons. The summed E-state index contributed by atoms with van der Waals surface area (Å²) in [5.74, 6) is -0.464. The molecule has 0 spiro atoms. The number of hydrogen-bond donors (Lipinski definition) is 1. The summed E-state index contributed by atoms with van der Waals surface area (Å²) in [4.78, 5) is 30.2. The van der Waals surface area contributed by atoms with Crippen molar-refractivity contribution in [3.8, 4) is 0 Å². The van der Waals surface area contributed by atoms with E-state index in [2.05, 4.69) is 9.88 Å². The number of halogens is 1. The van der Waals surface area contributed by atoms with Crippen molar-refractivity contribution in [2.45, 2.75) is 46.3 Å². The van der Waals surface area contributed by atoms with Gasteiger partial charge in [0, 0.05) is 36.7 Å². The van der Waals surface area contributed by atoms with Crippen LogP contribution in [0.1, 0.15) is 42.3 Å². The Morgan fingerprint density at radius 2 is 1.71 bits per heavy atom. The van der Waals surface area contributed by atoms with Gasteiger partial charge in [-0.3, -0.25) is 4.79 Å². The molecule has 2 heterocycles. The highest BCUT2D eigenvalue weighted by atomic mass is 19.1. The zero-order valence-electron chi connectivity index (χ0n) is 20.1. The Bertz CT molecular complexity index is 1170. The van der Waals surface area contributed by atoms with Crippen molar-refractivity contribution < 1.29 is 14.0 Å². The maximum Gasteiger partial charge on any atom is 0.322 e. The van der Waals surface area contributed by atoms with Gasteiger partial charge in [-0.1, -0.05) is 30.3 Å². The number of aryl methyl sites for hydroxylation is 2. The number of amides is 3. The number of nitrogens with one attached hydrogen (secondary N) is 1. The van der Waals surface area contributed by atoms with Gasteiger partial charge in [-0.15, -0.1) is 0 Å². The van der Waals surface area contributed by atoms with E-state index in [0.29, 0.717) is 13.1 Å². The molecule has 6 nitrogen and oxygen atoms in total. The lowest BCUT2D eigenvalue weighted by atomic mass is 9.99. The van der Waals surface area contributed by atoms with Gasteiger partial charge in [-0.25, -0.2) is 9.18 Å². The lowest BCUT2D eigenvalue weighted by Crippen LogP contribution is -2.50. The second-order valence-electron chi connectivity index (χ2n) is 9.09. The van der Waals surface area contributed by atoms with Crippen LogP contribution in [0.4, 0.5) is 14.9 Å². The second kappa shape index (κ2) is 9.71. The summed E-state index contributed by atoms with van der Waals surface area (Å²) >= 11 is 0. The molecule has 0 bridgehead atoms. The number of nitrogens with zero attached hydrogens (tertiary/aromatic N) is 3. The number of carbonyl (C=O) groups is 2. The number of benzene rings is 2. The minimum atomic E-state index is -0.340. The number of aromatic nitrogens is 1. The van der Waals surface area contributed by atoms with Crippen molar-refractivity contribution in [2.24, 2.45) is 0 Å². The molecule has 7 heteroatoms. The van der Waals surface area contributed by atoms with Gasteiger partial charge in [0.1, 0.15) is 12.4 Å². The predicted molar refractivity (Wildman–Crippen MR) is 131 cm³/mol. The third-order valence-corrected chi connectivity index (χ3v) is 6.45. The van der Waals surface area contributed by atoms with Gasteiger partial charge in [0.15, 0.2) is 0 Å². The molecular formula is C27H31FN4O2. The van der Waals surface area contributed by atoms with Crippen molar-refractivity contribution in [3.05, 3.63) is 89.0 Å². The number of rotatable bonds is 5. The van der Waals surface area contributed by atoms with Gasteiger partial charge < -0.3 is 19.7 Å². The lowest BCUT2D eigenvalue weighted by molar-refractivity contribution is -0.134. The molecule has 34 heavy (non-hydrogen) atoms. The summed E-state index contributed by atoms with van der Waals surface area (Å²) < 4.78 is 15.7. The van der Waals surface area contributed by atoms with Crippen LogP contribution in [-0.2, 0) is 11.3 Å². The van der Waals surface area contributed by atoms with E-state index in [1.54, 1.807) is 21.9 Å². The van der Waals surface area contributed by atoms with Gasteiger partial charge >= 0.3 is 6.03 Å². The van der Waals surface area contributed by atoms with Crippen molar-refractivity contribution in [3.63, 3.8) is 0 Å². The molecule has 2 aromatic carbocycles. The van der Waals surface area contributed by atoms with Crippen LogP contribution in [0.2, 0.25) is 0 Å². The van der Waals surface area contributed by atoms with Crippen molar-refractivity contribution in [1.29, 1.82) is 0 Å². The summed E-state index contributed by atoms with van der Waals surface area (Å²) in [7, 11) is 0. The first kappa shape index (κ1) is 23.5. The lowest BCUT2D eigenvalue weighted by Gasteiger charge is -2.39. The highest BCUT2D eigenvalue weighted by Gasteiger charge is 2.34. The van der Waals surface area contributed by atoms with Crippen LogP contribution in [0, 0.1) is 19.7 Å². The normalized spacial score (nSPS) is 15.2. The van der Waals surface area contributed by atoms with Gasteiger partial charge in [0.05, 0.1) is 6.04 Å². The fraction of sp³-hybridized carbons (Fsp3) is 0.333. The van der Waals surface area contributed by atoms with Crippen LogP contribution in [-0.4, -0.2) is 45.4 Å². The van der Waals surface area contributed by atoms with E-state index >= 15 is 0 Å². The number of hydrogen-bond acceptors (Lipinski definition) is 2. The van der Waals surface area contributed by atoms with E-state index in [4.69, 9.17) is 0 Å². The largest absolute Gasteiger partial charge is 0.348 e. The van der Waals surface area contributed by atoms with Crippen LogP contribution in [0.3, 0.4) is 0 Å². The monoisotopic (exact) mass is 462 g/mol. The van der Waals surface area contributed by atoms with Crippen LogP contribution < -0.4 is 5.32 Å². The molecular weight excluding hydrogens is 431 g/mol. The molecule has 1 N–H and O–H groups in total. The van der Waals surface area contributed by atoms with E-state index in [0.717, 1.165) is 28.1 Å². The molecule has 1 aromatic heterocycles. The molecule has 1 aliphatic rings. The predicted octanol–water partition coefficient (Wildman–Crippen LogP) is 5.12. The van der Waals surface area contributed by atoms with Crippen LogP contribution in [0.5, 0.6) is 0 Å². The van der Waals surface area contributed by atoms with Crippen molar-refractivity contribution >= 4 is 17.6 Å². The Kier molecular flexibility index (Phi) is 6.72. The number of anilines is 1. The Labute approximate surface area is 200 Å². The maximum absolute atomic E-state index is 13.6. The van der Waals surface area contributed by atoms with Crippen LogP contribution in [0.25, 0.3) is 0 Å². The molecule has 3 aromatic rings. The molecule has 4 rings (SSSR count). The Morgan fingerprint density at radius 3 is 2.35 bits per heavy atom. The fourth-order valence-electron chi connectivity index (χ4n) is 4.56. The van der Waals surface area contributed by atoms with Gasteiger partial charge in [0.25, 0.3) is 0 Å². The summed E-state index contributed by atoms with van der Waals surface area (Å²) in [5.41, 5.74) is 4.52. The van der Waals surface area contributed by atoms with Crippen molar-refractivity contribution in [1.82, 2.24) is 14.4 Å². The van der Waals surface area contributed by atoms with Gasteiger partial charge in [-0.2, -0.15) is 0 Å². The van der Waals surface area contributed by atoms with E-state index in [1.807, 2.05) is 64.2 Å². The van der Waals surface area contributed by atoms with Gasteiger partial charge in [-0.05, 0) is 68.7 Å². The SMILES string of the molecule is Cc1cccc(C)c1NC(=O)N(CC(=O)N1CCn2cccc2[C@@H]1c1ccc(F)cc1)C(C)C. The van der Waals surface area contributed by atoms with Crippen LogP contribution in [0.15, 0.2) is 60.8 Å². The smallest absolute Gasteiger partial charge is 0.322 e. The molecule has 3 amide bonds. The third kappa shape index (κ3) is 4.69.